The summed E-state index contributed by atoms with van der Waals surface area (Å²) in [6.07, 6.45) is 3.32. The summed E-state index contributed by atoms with van der Waals surface area (Å²) < 4.78 is 0. The van der Waals surface area contributed by atoms with Crippen LogP contribution < -0.4 is 5.73 Å². The minimum Gasteiger partial charge on any atom is -0.370 e. The first-order chi connectivity index (χ1) is 7.72. The van der Waals surface area contributed by atoms with Crippen LogP contribution in [-0.2, 0) is 4.79 Å². The highest BCUT2D eigenvalue weighted by Crippen LogP contribution is 2.29. The smallest absolute Gasteiger partial charge is 0.218 e. The second-order valence-corrected chi connectivity index (χ2v) is 4.07. The number of carbonyl (C=O) groups is 1. The molecule has 3 nitrogen and oxygen atoms in total. The van der Waals surface area contributed by atoms with Crippen molar-refractivity contribution in [3.8, 4) is 0 Å². The number of aromatic amines is 1. The van der Waals surface area contributed by atoms with Crippen LogP contribution in [0.25, 0.3) is 10.9 Å². The molecule has 0 aliphatic heterocycles. The predicted octanol–water partition coefficient (Wildman–Crippen LogP) is 2.54. The van der Waals surface area contributed by atoms with E-state index in [2.05, 4.69) is 18.0 Å². The van der Waals surface area contributed by atoms with E-state index >= 15 is 0 Å². The molecule has 1 aromatic heterocycles. The number of amides is 1. The topological polar surface area (TPSA) is 58.9 Å². The van der Waals surface area contributed by atoms with Gasteiger partial charge in [-0.1, -0.05) is 25.1 Å². The normalized spacial score (nSPS) is 12.8. The number of nitrogens with two attached hydrogens (primary N) is 1. The zero-order chi connectivity index (χ0) is 11.5. The number of benzene rings is 1. The van der Waals surface area contributed by atoms with Crippen molar-refractivity contribution < 1.29 is 4.79 Å². The second-order valence-electron chi connectivity index (χ2n) is 4.07. The van der Waals surface area contributed by atoms with Gasteiger partial charge in [0.05, 0.1) is 0 Å². The van der Waals surface area contributed by atoms with Crippen molar-refractivity contribution in [2.75, 3.05) is 0 Å². The highest BCUT2D eigenvalue weighted by atomic mass is 16.1. The second kappa shape index (κ2) is 4.39. The minimum absolute atomic E-state index is 0.216. The molecule has 1 atom stereocenters. The van der Waals surface area contributed by atoms with Gasteiger partial charge in [0.2, 0.25) is 5.91 Å². The van der Waals surface area contributed by atoms with E-state index in [0.29, 0.717) is 6.42 Å². The zero-order valence-electron chi connectivity index (χ0n) is 9.36. The predicted molar refractivity (Wildman–Crippen MR) is 65.1 cm³/mol. The lowest BCUT2D eigenvalue weighted by Crippen LogP contribution is -2.14. The third kappa shape index (κ3) is 1.94. The number of rotatable bonds is 4. The molecule has 1 unspecified atom stereocenters. The lowest BCUT2D eigenvalue weighted by atomic mass is 9.93. The van der Waals surface area contributed by atoms with E-state index in [0.717, 1.165) is 11.9 Å². The summed E-state index contributed by atoms with van der Waals surface area (Å²) in [6, 6.07) is 8.12. The van der Waals surface area contributed by atoms with Crippen molar-refractivity contribution >= 4 is 16.8 Å². The van der Waals surface area contributed by atoms with Crippen LogP contribution in [0.5, 0.6) is 0 Å². The standard InChI is InChI=1S/C13H16N2O/c1-2-9(7-13(14)16)11-8-15-12-6-4-3-5-10(11)12/h3-6,8-9,15H,2,7H2,1H3,(H2,14,16). The molecule has 1 aromatic carbocycles. The average Bonchev–Trinajstić information content (AvgIpc) is 2.69. The van der Waals surface area contributed by atoms with Crippen molar-refractivity contribution in [1.82, 2.24) is 4.98 Å². The maximum absolute atomic E-state index is 11.0. The van der Waals surface area contributed by atoms with Gasteiger partial charge < -0.3 is 10.7 Å². The van der Waals surface area contributed by atoms with Gasteiger partial charge in [0.15, 0.2) is 0 Å². The fourth-order valence-corrected chi connectivity index (χ4v) is 2.15. The molecule has 2 aromatic rings. The lowest BCUT2D eigenvalue weighted by molar-refractivity contribution is -0.118. The molecule has 0 bridgehead atoms. The Balaban J connectivity index is 2.41. The molecule has 0 aliphatic carbocycles. The van der Waals surface area contributed by atoms with Gasteiger partial charge in [-0.15, -0.1) is 0 Å². The Bertz CT molecular complexity index is 501. The number of H-pyrrole nitrogens is 1. The summed E-state index contributed by atoms with van der Waals surface area (Å²) in [5, 5.41) is 1.19. The van der Waals surface area contributed by atoms with Crippen LogP contribution in [0.15, 0.2) is 30.5 Å². The number of fused-ring (bicyclic) bond motifs is 1. The van der Waals surface area contributed by atoms with Crippen LogP contribution in [-0.4, -0.2) is 10.9 Å². The molecule has 1 heterocycles. The molecule has 0 saturated heterocycles. The van der Waals surface area contributed by atoms with E-state index in [1.807, 2.05) is 24.4 Å². The molecule has 16 heavy (non-hydrogen) atoms. The van der Waals surface area contributed by atoms with Gasteiger partial charge in [0.25, 0.3) is 0 Å². The molecular formula is C13H16N2O. The first-order valence-electron chi connectivity index (χ1n) is 5.56. The van der Waals surface area contributed by atoms with Gasteiger partial charge in [0, 0.05) is 23.5 Å². The third-order valence-corrected chi connectivity index (χ3v) is 3.00. The number of para-hydroxylation sites is 1. The van der Waals surface area contributed by atoms with Gasteiger partial charge in [0.1, 0.15) is 0 Å². The minimum atomic E-state index is -0.239. The molecule has 0 radical (unpaired) electrons. The monoisotopic (exact) mass is 216 g/mol. The SMILES string of the molecule is CCC(CC(N)=O)c1c[nH]c2ccccc12. The lowest BCUT2D eigenvalue weighted by Gasteiger charge is -2.11. The van der Waals surface area contributed by atoms with Crippen molar-refractivity contribution in [3.05, 3.63) is 36.0 Å². The van der Waals surface area contributed by atoms with E-state index in [9.17, 15) is 4.79 Å². The molecule has 0 fully saturated rings. The first-order valence-corrected chi connectivity index (χ1v) is 5.56. The third-order valence-electron chi connectivity index (χ3n) is 3.00. The fraction of sp³-hybridized carbons (Fsp3) is 0.308. The number of primary amides is 1. The van der Waals surface area contributed by atoms with Gasteiger partial charge in [-0.25, -0.2) is 0 Å². The summed E-state index contributed by atoms with van der Waals surface area (Å²) in [4.78, 5) is 14.2. The van der Waals surface area contributed by atoms with Crippen LogP contribution in [0.4, 0.5) is 0 Å². The summed E-state index contributed by atoms with van der Waals surface area (Å²) in [5.41, 5.74) is 7.57. The summed E-state index contributed by atoms with van der Waals surface area (Å²) >= 11 is 0. The van der Waals surface area contributed by atoms with E-state index in [1.54, 1.807) is 0 Å². The van der Waals surface area contributed by atoms with E-state index in [4.69, 9.17) is 5.73 Å². The number of aromatic nitrogens is 1. The fourth-order valence-electron chi connectivity index (χ4n) is 2.15. The number of hydrogen-bond donors (Lipinski definition) is 2. The molecule has 3 N–H and O–H groups in total. The Kier molecular flexibility index (Phi) is 2.95. The van der Waals surface area contributed by atoms with Gasteiger partial charge in [-0.3, -0.25) is 4.79 Å². The van der Waals surface area contributed by atoms with Crippen molar-refractivity contribution in [2.45, 2.75) is 25.7 Å². The molecule has 0 spiro atoms. The van der Waals surface area contributed by atoms with Crippen LogP contribution in [0, 0.1) is 0 Å². The van der Waals surface area contributed by atoms with Crippen molar-refractivity contribution in [3.63, 3.8) is 0 Å². The van der Waals surface area contributed by atoms with Crippen LogP contribution >= 0.6 is 0 Å². The summed E-state index contributed by atoms with van der Waals surface area (Å²) in [6.45, 7) is 2.08. The zero-order valence-corrected chi connectivity index (χ0v) is 9.36. The van der Waals surface area contributed by atoms with Crippen LogP contribution in [0.3, 0.4) is 0 Å². The van der Waals surface area contributed by atoms with Gasteiger partial charge >= 0.3 is 0 Å². The summed E-state index contributed by atoms with van der Waals surface area (Å²) in [7, 11) is 0. The van der Waals surface area contributed by atoms with Crippen LogP contribution in [0.2, 0.25) is 0 Å². The Morgan fingerprint density at radius 2 is 2.19 bits per heavy atom. The van der Waals surface area contributed by atoms with Crippen molar-refractivity contribution in [1.29, 1.82) is 0 Å². The number of carbonyl (C=O) groups excluding carboxylic acids is 1. The number of hydrogen-bond acceptors (Lipinski definition) is 1. The Labute approximate surface area is 94.6 Å². The molecule has 1 amide bonds. The van der Waals surface area contributed by atoms with Crippen LogP contribution in [0.1, 0.15) is 31.2 Å². The van der Waals surface area contributed by atoms with E-state index < -0.39 is 0 Å². The molecular weight excluding hydrogens is 200 g/mol. The molecule has 3 heteroatoms. The Morgan fingerprint density at radius 3 is 2.88 bits per heavy atom. The van der Waals surface area contributed by atoms with E-state index in [-0.39, 0.29) is 11.8 Å². The van der Waals surface area contributed by atoms with E-state index in [1.165, 1.54) is 10.9 Å². The summed E-state index contributed by atoms with van der Waals surface area (Å²) in [5.74, 6) is -0.0224. The Morgan fingerprint density at radius 1 is 1.44 bits per heavy atom. The number of nitrogens with one attached hydrogen (secondary N) is 1. The highest BCUT2D eigenvalue weighted by molar-refractivity contribution is 5.84. The maximum atomic E-state index is 11.0. The maximum Gasteiger partial charge on any atom is 0.218 e. The molecule has 0 aliphatic rings. The molecule has 84 valence electrons. The largest absolute Gasteiger partial charge is 0.370 e. The highest BCUT2D eigenvalue weighted by Gasteiger charge is 2.15. The Hall–Kier alpha value is -1.77. The average molecular weight is 216 g/mol. The molecule has 2 rings (SSSR count). The quantitative estimate of drug-likeness (QED) is 0.810. The van der Waals surface area contributed by atoms with Gasteiger partial charge in [-0.05, 0) is 24.0 Å². The van der Waals surface area contributed by atoms with Gasteiger partial charge in [-0.2, -0.15) is 0 Å². The van der Waals surface area contributed by atoms with Crippen molar-refractivity contribution in [2.24, 2.45) is 5.73 Å². The first kappa shape index (κ1) is 10.7. The molecule has 0 saturated carbocycles.